The molecule has 48 heteroatoms. The van der Waals surface area contributed by atoms with Gasteiger partial charge in [0.1, 0.15) is 26.4 Å². The number of alkyl halides is 32. The standard InChI is InChI=1S/C64H44F32O12S4/c65-49(66)57(81,82)61(89,90)53(73,74)27-105-109(97,98)34-15-19-40-41-20-16-35(110(99,100)106-28-54(75,76)62(91,92)58(83,84)50(67)68)24-45(41)38(44(40)23-34)13-5-11-32-9-4-10-33(48(32)31-7-2-1-3-8-31)12-6-14-39-46-25-36(111(101,102)107-29-55(77,78)63(93,94)59(85,86)51(69)70)17-21-42(46)43-22-18-37(26-47(39)43)112(103,104)108-30-56(79,80)64(95,96)60(87,88)52(71)72/h1-3,5-8,11-26,38,40,44,49-52H,4,9-10,27-30H2/b12-6+,13-5+,32-11+. The summed E-state index contributed by atoms with van der Waals surface area (Å²) >= 11 is 0. The van der Waals surface area contributed by atoms with Crippen LogP contribution in [0, 0.1) is 5.92 Å². The van der Waals surface area contributed by atoms with Crippen molar-refractivity contribution in [2.24, 2.45) is 5.92 Å². The lowest BCUT2D eigenvalue weighted by molar-refractivity contribution is -0.342. The van der Waals surface area contributed by atoms with E-state index < -0.39 is 218 Å². The molecule has 0 aliphatic heterocycles. The van der Waals surface area contributed by atoms with Gasteiger partial charge in [-0.2, -0.15) is 139 Å². The molecule has 3 atom stereocenters. The maximum atomic E-state index is 14.6. The second kappa shape index (κ2) is 30.6. The first-order valence-corrected chi connectivity index (χ1v) is 36.1. The number of benzene rings is 4. The third-order valence-corrected chi connectivity index (χ3v) is 22.5. The molecule has 620 valence electrons. The van der Waals surface area contributed by atoms with Crippen LogP contribution < -0.4 is 0 Å². The minimum absolute atomic E-state index is 0.00189. The Morgan fingerprint density at radius 1 is 0.411 bits per heavy atom. The average molecular weight is 1740 g/mol. The number of fused-ring (bicyclic) bond motifs is 6. The molecule has 112 heavy (non-hydrogen) atoms. The van der Waals surface area contributed by atoms with E-state index in [-0.39, 0.29) is 63.8 Å². The monoisotopic (exact) mass is 1740 g/mol. The lowest BCUT2D eigenvalue weighted by Gasteiger charge is -2.31. The normalized spacial score (nSPS) is 19.0. The molecule has 0 saturated heterocycles. The molecule has 12 nitrogen and oxygen atoms in total. The van der Waals surface area contributed by atoms with Gasteiger partial charge in [-0.25, -0.2) is 35.1 Å². The molecule has 0 radical (unpaired) electrons. The van der Waals surface area contributed by atoms with Gasteiger partial charge >= 0.3 is 96.8 Å². The summed E-state index contributed by atoms with van der Waals surface area (Å²) in [4.78, 5) is -5.40. The van der Waals surface area contributed by atoms with Crippen molar-refractivity contribution < 1.29 is 191 Å². The Kier molecular flexibility index (Phi) is 24.6. The van der Waals surface area contributed by atoms with E-state index in [4.69, 9.17) is 0 Å². The van der Waals surface area contributed by atoms with Crippen LogP contribution in [0.4, 0.5) is 140 Å². The molecular weight excluding hydrogens is 1700 g/mol. The summed E-state index contributed by atoms with van der Waals surface area (Å²) in [6.45, 7) is -13.0. The van der Waals surface area contributed by atoms with Gasteiger partial charge in [-0.1, -0.05) is 97.1 Å². The summed E-state index contributed by atoms with van der Waals surface area (Å²) in [7, 11) is -23.9. The van der Waals surface area contributed by atoms with Crippen molar-refractivity contribution in [2.75, 3.05) is 26.4 Å². The third kappa shape index (κ3) is 16.3. The van der Waals surface area contributed by atoms with Crippen LogP contribution in [0.5, 0.6) is 0 Å². The van der Waals surface area contributed by atoms with Crippen molar-refractivity contribution in [3.05, 3.63) is 183 Å². The van der Waals surface area contributed by atoms with Gasteiger partial charge < -0.3 is 0 Å². The van der Waals surface area contributed by atoms with Gasteiger partial charge in [0.15, 0.2) is 0 Å². The molecule has 4 aliphatic carbocycles. The van der Waals surface area contributed by atoms with E-state index in [9.17, 15) is 174 Å². The number of halogens is 32. The molecule has 0 N–H and O–H groups in total. The van der Waals surface area contributed by atoms with E-state index in [1.165, 1.54) is 42.5 Å². The largest absolute Gasteiger partial charge is 0.380 e. The van der Waals surface area contributed by atoms with Gasteiger partial charge in [-0.05, 0) is 129 Å². The van der Waals surface area contributed by atoms with Crippen molar-refractivity contribution >= 4 is 51.6 Å². The highest BCUT2D eigenvalue weighted by atomic mass is 32.2. The summed E-state index contributed by atoms with van der Waals surface area (Å²) in [5.74, 6) is -85.6. The minimum Gasteiger partial charge on any atom is -0.260 e. The van der Waals surface area contributed by atoms with Crippen LogP contribution in [0.3, 0.4) is 0 Å². The summed E-state index contributed by atoms with van der Waals surface area (Å²) in [6, 6.07) is 12.3. The van der Waals surface area contributed by atoms with Crippen LogP contribution in [-0.4, -0.2) is 157 Å². The van der Waals surface area contributed by atoms with Crippen molar-refractivity contribution in [2.45, 2.75) is 143 Å². The van der Waals surface area contributed by atoms with E-state index >= 15 is 0 Å². The van der Waals surface area contributed by atoms with E-state index in [1.54, 1.807) is 0 Å². The molecular formula is C64H44F32O12S4. The van der Waals surface area contributed by atoms with E-state index in [0.717, 1.165) is 48.6 Å². The summed E-state index contributed by atoms with van der Waals surface area (Å²) < 4.78 is 566. The summed E-state index contributed by atoms with van der Waals surface area (Å²) in [5, 5.41) is 0. The Morgan fingerprint density at radius 2 is 0.786 bits per heavy atom. The second-order valence-corrected chi connectivity index (χ2v) is 31.0. The van der Waals surface area contributed by atoms with Gasteiger partial charge in [0.25, 0.3) is 40.5 Å². The summed E-state index contributed by atoms with van der Waals surface area (Å²) in [5.41, 5.74) is -1.74. The topological polar surface area (TPSA) is 173 Å². The maximum absolute atomic E-state index is 14.6. The Morgan fingerprint density at radius 3 is 1.18 bits per heavy atom. The highest BCUT2D eigenvalue weighted by Crippen LogP contribution is 2.57. The fourth-order valence-electron chi connectivity index (χ4n) is 11.4. The van der Waals surface area contributed by atoms with Gasteiger partial charge in [-0.15, -0.1) is 0 Å². The number of rotatable bonds is 33. The fourth-order valence-corrected chi connectivity index (χ4v) is 15.2. The van der Waals surface area contributed by atoms with Crippen LogP contribution in [0.15, 0.2) is 170 Å². The first-order chi connectivity index (χ1) is 50.9. The van der Waals surface area contributed by atoms with Crippen molar-refractivity contribution in [1.29, 1.82) is 0 Å². The molecule has 0 spiro atoms. The van der Waals surface area contributed by atoms with Gasteiger partial charge in [0.2, 0.25) is 0 Å². The molecule has 0 heterocycles. The van der Waals surface area contributed by atoms with Crippen LogP contribution in [-0.2, 0) is 57.2 Å². The molecule has 3 unspecified atom stereocenters. The van der Waals surface area contributed by atoms with Gasteiger partial charge in [0, 0.05) is 11.8 Å². The molecule has 8 rings (SSSR count). The van der Waals surface area contributed by atoms with E-state index in [2.05, 4.69) is 16.7 Å². The highest BCUT2D eigenvalue weighted by molar-refractivity contribution is 7.91. The second-order valence-electron chi connectivity index (χ2n) is 24.6. The molecule has 4 aromatic carbocycles. The minimum atomic E-state index is -7.03. The van der Waals surface area contributed by atoms with Crippen LogP contribution in [0.2, 0.25) is 0 Å². The molecule has 0 aromatic heterocycles. The number of allylic oxidation sites excluding steroid dienone is 12. The van der Waals surface area contributed by atoms with Crippen molar-refractivity contribution in [3.8, 4) is 11.1 Å². The Balaban J connectivity index is 1.23. The maximum Gasteiger partial charge on any atom is 0.380 e. The number of hydrogen-bond acceptors (Lipinski definition) is 12. The molecule has 4 aromatic rings. The lowest BCUT2D eigenvalue weighted by Crippen LogP contribution is -2.59. The predicted octanol–water partition coefficient (Wildman–Crippen LogP) is 18.9. The molecule has 4 aliphatic rings. The smallest absolute Gasteiger partial charge is 0.260 e. The quantitative estimate of drug-likeness (QED) is 0.0288. The average Bonchev–Trinajstić information content (AvgIpc) is 1.59. The van der Waals surface area contributed by atoms with Crippen molar-refractivity contribution in [3.63, 3.8) is 0 Å². The lowest BCUT2D eigenvalue weighted by atomic mass is 9.82. The molecule has 0 saturated carbocycles. The summed E-state index contributed by atoms with van der Waals surface area (Å²) in [6.07, 6.45) is -13.2. The zero-order chi connectivity index (χ0) is 84.7. The third-order valence-electron chi connectivity index (χ3n) is 17.4. The van der Waals surface area contributed by atoms with E-state index in [0.29, 0.717) is 48.6 Å². The molecule has 0 fully saturated rings. The first kappa shape index (κ1) is 90.0. The Bertz CT molecular complexity index is 4830. The van der Waals surface area contributed by atoms with Crippen LogP contribution >= 0.6 is 0 Å². The fraction of sp³-hybridized carbons (Fsp3) is 0.406. The van der Waals surface area contributed by atoms with E-state index in [1.807, 2.05) is 0 Å². The zero-order valence-corrected chi connectivity index (χ0v) is 57.7. The van der Waals surface area contributed by atoms with Crippen molar-refractivity contribution in [1.82, 2.24) is 0 Å². The SMILES string of the molecule is O=S(=O)(OCC(F)(F)C(F)(F)C(F)(F)C(F)F)C1=CC2C(C=C1)c1ccc(S(=O)(=O)OCC(F)(F)C(F)(F)C(F)(F)C(F)F)cc1C2/C=C/C=C1\CCCC(/C=C/C=C2c3cc(S(=O)(=O)OCC(F)(F)C(F)(F)C(F)(F)C(F)F)ccc3-c3ccc(S(=O)(=O)OCC(F)(F)C(F)(F)C(F)(F)C(F)F)cc32)=C1c1ccccc1. The van der Waals surface area contributed by atoms with Gasteiger partial charge in [-0.3, -0.25) is 16.7 Å². The Labute approximate surface area is 609 Å². The van der Waals surface area contributed by atoms with Crippen LogP contribution in [0.25, 0.3) is 22.3 Å². The first-order valence-electron chi connectivity index (χ1n) is 30.5. The Hall–Kier alpha value is -7.54. The van der Waals surface area contributed by atoms with Crippen LogP contribution in [0.1, 0.15) is 58.9 Å². The van der Waals surface area contributed by atoms with Gasteiger partial charge in [0.05, 0.1) is 19.6 Å². The highest BCUT2D eigenvalue weighted by Gasteiger charge is 2.79. The zero-order valence-electron chi connectivity index (χ0n) is 54.4. The molecule has 0 amide bonds. The molecule has 0 bridgehead atoms. The number of hydrogen-bond donors (Lipinski definition) is 0. The predicted molar refractivity (Wildman–Crippen MR) is 323 cm³/mol.